The van der Waals surface area contributed by atoms with Gasteiger partial charge in [-0.25, -0.2) is 4.98 Å². The molecular formula is C18H36IN5S. The van der Waals surface area contributed by atoms with Gasteiger partial charge in [0.1, 0.15) is 0 Å². The van der Waals surface area contributed by atoms with E-state index in [2.05, 4.69) is 65.5 Å². The summed E-state index contributed by atoms with van der Waals surface area (Å²) in [7, 11) is 1.82. The molecule has 0 saturated carbocycles. The van der Waals surface area contributed by atoms with Crippen molar-refractivity contribution in [2.45, 2.75) is 66.0 Å². The van der Waals surface area contributed by atoms with Crippen LogP contribution in [0, 0.1) is 0 Å². The minimum Gasteiger partial charge on any atom is -0.354 e. The van der Waals surface area contributed by atoms with Crippen LogP contribution in [-0.2, 0) is 6.54 Å². The summed E-state index contributed by atoms with van der Waals surface area (Å²) < 4.78 is 0. The van der Waals surface area contributed by atoms with Gasteiger partial charge in [-0.2, -0.15) is 0 Å². The van der Waals surface area contributed by atoms with E-state index in [1.807, 2.05) is 7.05 Å². The number of hydrogen-bond acceptors (Lipinski definition) is 4. The zero-order chi connectivity index (χ0) is 17.9. The van der Waals surface area contributed by atoms with Crippen LogP contribution in [0.4, 0.5) is 0 Å². The van der Waals surface area contributed by atoms with Crippen LogP contribution in [0.25, 0.3) is 0 Å². The highest BCUT2D eigenvalue weighted by atomic mass is 127. The number of halogens is 1. The van der Waals surface area contributed by atoms with E-state index < -0.39 is 0 Å². The fourth-order valence-electron chi connectivity index (χ4n) is 2.50. The number of hydrogen-bond donors (Lipinski definition) is 2. The third kappa shape index (κ3) is 9.75. The Morgan fingerprint density at radius 2 is 1.96 bits per heavy atom. The molecule has 7 heteroatoms. The van der Waals surface area contributed by atoms with Gasteiger partial charge in [-0.05, 0) is 39.4 Å². The van der Waals surface area contributed by atoms with Gasteiger partial charge in [-0.1, -0.05) is 27.7 Å². The second-order valence-corrected chi connectivity index (χ2v) is 7.36. The van der Waals surface area contributed by atoms with Crippen molar-refractivity contribution >= 4 is 41.3 Å². The smallest absolute Gasteiger partial charge is 0.191 e. The molecule has 0 aliphatic rings. The summed E-state index contributed by atoms with van der Waals surface area (Å²) in [4.78, 5) is 11.4. The Hall–Kier alpha value is -0.410. The fourth-order valence-corrected chi connectivity index (χ4v) is 3.34. The van der Waals surface area contributed by atoms with Gasteiger partial charge >= 0.3 is 0 Å². The molecule has 0 amide bonds. The quantitative estimate of drug-likeness (QED) is 0.301. The van der Waals surface area contributed by atoms with Gasteiger partial charge < -0.3 is 15.5 Å². The number of nitrogens with one attached hydrogen (secondary N) is 2. The molecule has 2 N–H and O–H groups in total. The summed E-state index contributed by atoms with van der Waals surface area (Å²) in [6, 6.07) is 0.411. The Bertz CT molecular complexity index is 486. The lowest BCUT2D eigenvalue weighted by Gasteiger charge is -2.21. The lowest BCUT2D eigenvalue weighted by molar-refractivity contribution is 0.292. The Morgan fingerprint density at radius 1 is 1.28 bits per heavy atom. The van der Waals surface area contributed by atoms with Crippen molar-refractivity contribution < 1.29 is 0 Å². The van der Waals surface area contributed by atoms with E-state index in [1.165, 1.54) is 18.0 Å². The average molecular weight is 481 g/mol. The predicted octanol–water partition coefficient (Wildman–Crippen LogP) is 4.06. The van der Waals surface area contributed by atoms with Gasteiger partial charge in [-0.3, -0.25) is 4.99 Å². The van der Waals surface area contributed by atoms with Gasteiger partial charge in [0.05, 0.1) is 17.2 Å². The van der Waals surface area contributed by atoms with Crippen molar-refractivity contribution in [2.75, 3.05) is 26.7 Å². The van der Waals surface area contributed by atoms with Crippen molar-refractivity contribution in [1.82, 2.24) is 20.5 Å². The number of guanidine groups is 1. The molecular weight excluding hydrogens is 445 g/mol. The lowest BCUT2D eigenvalue weighted by Crippen LogP contribution is -2.42. The molecule has 0 spiro atoms. The SMILES string of the molecule is CCN(CC)CCCC(C)NC(=NC)NCc1csc(C(C)C)n1.I. The van der Waals surface area contributed by atoms with E-state index in [-0.39, 0.29) is 24.0 Å². The molecule has 25 heavy (non-hydrogen) atoms. The second-order valence-electron chi connectivity index (χ2n) is 6.47. The average Bonchev–Trinajstić information content (AvgIpc) is 3.04. The Morgan fingerprint density at radius 3 is 2.48 bits per heavy atom. The maximum absolute atomic E-state index is 4.65. The molecule has 1 aromatic rings. The summed E-state index contributed by atoms with van der Waals surface area (Å²) in [6.07, 6.45) is 2.35. The van der Waals surface area contributed by atoms with E-state index in [0.717, 1.165) is 37.7 Å². The number of aromatic nitrogens is 1. The first-order valence-corrected chi connectivity index (χ1v) is 10.0. The minimum atomic E-state index is 0. The maximum Gasteiger partial charge on any atom is 0.191 e. The van der Waals surface area contributed by atoms with E-state index in [1.54, 1.807) is 11.3 Å². The largest absolute Gasteiger partial charge is 0.354 e. The van der Waals surface area contributed by atoms with Gasteiger partial charge in [0.15, 0.2) is 5.96 Å². The second kappa shape index (κ2) is 13.7. The van der Waals surface area contributed by atoms with Crippen LogP contribution in [0.15, 0.2) is 10.4 Å². The number of rotatable bonds is 10. The Balaban J connectivity index is 0.00000576. The molecule has 0 fully saturated rings. The zero-order valence-electron chi connectivity index (χ0n) is 16.6. The van der Waals surface area contributed by atoms with Crippen LogP contribution < -0.4 is 10.6 Å². The standard InChI is InChI=1S/C18H35N5S.HI/c1-7-23(8-2)11-9-10-15(5)21-18(19-6)20-12-16-13-24-17(22-16)14(3)4;/h13-15H,7-12H2,1-6H3,(H2,19,20,21);1H. The first-order chi connectivity index (χ1) is 11.5. The molecule has 0 aliphatic carbocycles. The molecule has 1 unspecified atom stereocenters. The van der Waals surface area contributed by atoms with Crippen LogP contribution in [0.5, 0.6) is 0 Å². The molecule has 0 aliphatic heterocycles. The maximum atomic E-state index is 4.65. The van der Waals surface area contributed by atoms with E-state index in [9.17, 15) is 0 Å². The van der Waals surface area contributed by atoms with E-state index >= 15 is 0 Å². The van der Waals surface area contributed by atoms with Crippen molar-refractivity contribution in [3.05, 3.63) is 16.1 Å². The highest BCUT2D eigenvalue weighted by Crippen LogP contribution is 2.18. The van der Waals surface area contributed by atoms with E-state index in [4.69, 9.17) is 0 Å². The molecule has 5 nitrogen and oxygen atoms in total. The molecule has 1 atom stereocenters. The summed E-state index contributed by atoms with van der Waals surface area (Å²) >= 11 is 1.73. The summed E-state index contributed by atoms with van der Waals surface area (Å²) in [5.74, 6) is 1.34. The molecule has 0 bridgehead atoms. The number of thiazole rings is 1. The molecule has 1 aromatic heterocycles. The highest BCUT2D eigenvalue weighted by molar-refractivity contribution is 14.0. The first kappa shape index (κ1) is 24.6. The van der Waals surface area contributed by atoms with Gasteiger partial charge in [-0.15, -0.1) is 35.3 Å². The van der Waals surface area contributed by atoms with Crippen LogP contribution in [-0.4, -0.2) is 48.6 Å². The van der Waals surface area contributed by atoms with Crippen LogP contribution in [0.3, 0.4) is 0 Å². The zero-order valence-corrected chi connectivity index (χ0v) is 19.8. The number of nitrogens with zero attached hydrogens (tertiary/aromatic N) is 3. The summed E-state index contributed by atoms with van der Waals surface area (Å²) in [5, 5.41) is 10.2. The lowest BCUT2D eigenvalue weighted by atomic mass is 10.2. The summed E-state index contributed by atoms with van der Waals surface area (Å²) in [5.41, 5.74) is 1.08. The van der Waals surface area contributed by atoms with Crippen LogP contribution >= 0.6 is 35.3 Å². The van der Waals surface area contributed by atoms with E-state index in [0.29, 0.717) is 12.0 Å². The molecule has 0 saturated heterocycles. The number of aliphatic imine (C=N–C) groups is 1. The van der Waals surface area contributed by atoms with Crippen molar-refractivity contribution in [1.29, 1.82) is 0 Å². The summed E-state index contributed by atoms with van der Waals surface area (Å²) in [6.45, 7) is 15.2. The molecule has 0 aromatic carbocycles. The Labute approximate surface area is 175 Å². The normalized spacial score (nSPS) is 13.0. The molecule has 1 rings (SSSR count). The van der Waals surface area contributed by atoms with Crippen molar-refractivity contribution in [3.63, 3.8) is 0 Å². The van der Waals surface area contributed by atoms with Crippen molar-refractivity contribution in [3.8, 4) is 0 Å². The van der Waals surface area contributed by atoms with Crippen LogP contribution in [0.1, 0.15) is 64.1 Å². The molecule has 0 radical (unpaired) electrons. The topological polar surface area (TPSA) is 52.5 Å². The highest BCUT2D eigenvalue weighted by Gasteiger charge is 2.09. The molecule has 1 heterocycles. The Kier molecular flexibility index (Phi) is 13.5. The third-order valence-electron chi connectivity index (χ3n) is 4.11. The van der Waals surface area contributed by atoms with Gasteiger partial charge in [0, 0.05) is 24.4 Å². The monoisotopic (exact) mass is 481 g/mol. The predicted molar refractivity (Wildman–Crippen MR) is 121 cm³/mol. The van der Waals surface area contributed by atoms with Crippen molar-refractivity contribution in [2.24, 2.45) is 4.99 Å². The first-order valence-electron chi connectivity index (χ1n) is 9.13. The van der Waals surface area contributed by atoms with Crippen LogP contribution in [0.2, 0.25) is 0 Å². The molecule has 146 valence electrons. The van der Waals surface area contributed by atoms with Gasteiger partial charge in [0.25, 0.3) is 0 Å². The minimum absolute atomic E-state index is 0. The fraction of sp³-hybridized carbons (Fsp3) is 0.778. The van der Waals surface area contributed by atoms with Gasteiger partial charge in [0.2, 0.25) is 0 Å². The third-order valence-corrected chi connectivity index (χ3v) is 5.31.